The van der Waals surface area contributed by atoms with E-state index >= 15 is 0 Å². The second kappa shape index (κ2) is 6.47. The molecule has 1 unspecified atom stereocenters. The minimum Gasteiger partial charge on any atom is -0.328 e. The molecule has 0 heterocycles. The molecule has 0 aliphatic carbocycles. The van der Waals surface area contributed by atoms with Crippen molar-refractivity contribution in [3.05, 3.63) is 58.6 Å². The van der Waals surface area contributed by atoms with Crippen LogP contribution in [0.15, 0.2) is 52.3 Å². The maximum atomic E-state index is 5.89. The van der Waals surface area contributed by atoms with Gasteiger partial charge in [0.1, 0.15) is 0 Å². The summed E-state index contributed by atoms with van der Waals surface area (Å²) in [6, 6.07) is 14.7. The lowest BCUT2D eigenvalue weighted by molar-refractivity contribution is 0.737. The van der Waals surface area contributed by atoms with Crippen LogP contribution in [-0.2, 0) is 6.42 Å². The van der Waals surface area contributed by atoms with Gasteiger partial charge in [-0.2, -0.15) is 0 Å². The van der Waals surface area contributed by atoms with Gasteiger partial charge in [-0.15, -0.1) is 0 Å². The molecule has 0 amide bonds. The molecule has 0 bridgehead atoms. The van der Waals surface area contributed by atoms with E-state index in [-0.39, 0.29) is 6.04 Å². The van der Waals surface area contributed by atoms with Crippen LogP contribution in [-0.4, -0.2) is 6.04 Å². The lowest BCUT2D eigenvalue weighted by Gasteiger charge is -2.10. The predicted molar refractivity (Wildman–Crippen MR) is 84.1 cm³/mol. The summed E-state index contributed by atoms with van der Waals surface area (Å²) in [5.74, 6) is 0. The van der Waals surface area contributed by atoms with Gasteiger partial charge in [-0.3, -0.25) is 0 Å². The Morgan fingerprint density at radius 3 is 2.42 bits per heavy atom. The Balaban J connectivity index is 2.15. The van der Waals surface area contributed by atoms with E-state index in [9.17, 15) is 0 Å². The molecule has 100 valence electrons. The van der Waals surface area contributed by atoms with E-state index in [1.54, 1.807) is 11.8 Å². The minimum atomic E-state index is 0.203. The number of nitrogens with two attached hydrogens (primary N) is 1. The van der Waals surface area contributed by atoms with Crippen molar-refractivity contribution in [1.29, 1.82) is 0 Å². The molecule has 0 saturated carbocycles. The third-order valence-electron chi connectivity index (χ3n) is 2.84. The number of benzene rings is 2. The number of aryl methyl sites for hydroxylation is 1. The Morgan fingerprint density at radius 2 is 1.84 bits per heavy atom. The Bertz CT molecular complexity index is 549. The molecule has 19 heavy (non-hydrogen) atoms. The van der Waals surface area contributed by atoms with Gasteiger partial charge >= 0.3 is 0 Å². The second-order valence-electron chi connectivity index (χ2n) is 4.84. The molecule has 0 fully saturated rings. The normalized spacial score (nSPS) is 12.4. The van der Waals surface area contributed by atoms with Gasteiger partial charge in [-0.05, 0) is 61.7 Å². The quantitative estimate of drug-likeness (QED) is 0.884. The highest BCUT2D eigenvalue weighted by molar-refractivity contribution is 7.99. The second-order valence-corrected chi connectivity index (χ2v) is 6.39. The minimum absolute atomic E-state index is 0.203. The van der Waals surface area contributed by atoms with Gasteiger partial charge in [0.05, 0.1) is 0 Å². The van der Waals surface area contributed by atoms with E-state index in [4.69, 9.17) is 17.3 Å². The molecule has 0 aliphatic rings. The monoisotopic (exact) mass is 291 g/mol. The van der Waals surface area contributed by atoms with Gasteiger partial charge < -0.3 is 5.73 Å². The van der Waals surface area contributed by atoms with Crippen LogP contribution in [0, 0.1) is 6.92 Å². The Labute approximate surface area is 124 Å². The van der Waals surface area contributed by atoms with Crippen molar-refractivity contribution < 1.29 is 0 Å². The summed E-state index contributed by atoms with van der Waals surface area (Å²) >= 11 is 7.65. The Morgan fingerprint density at radius 1 is 1.16 bits per heavy atom. The van der Waals surface area contributed by atoms with Crippen molar-refractivity contribution in [3.8, 4) is 0 Å². The maximum Gasteiger partial charge on any atom is 0.0406 e. The van der Waals surface area contributed by atoms with Crippen molar-refractivity contribution >= 4 is 23.4 Å². The van der Waals surface area contributed by atoms with E-state index in [0.717, 1.165) is 11.4 Å². The first-order valence-electron chi connectivity index (χ1n) is 6.33. The fraction of sp³-hybridized carbons (Fsp3) is 0.250. The molecule has 0 spiro atoms. The SMILES string of the molecule is Cc1cc(CC(C)N)ccc1Sc1ccc(Cl)cc1. The summed E-state index contributed by atoms with van der Waals surface area (Å²) in [6.45, 7) is 4.18. The topological polar surface area (TPSA) is 26.0 Å². The van der Waals surface area contributed by atoms with E-state index in [1.807, 2.05) is 31.2 Å². The molecule has 2 N–H and O–H groups in total. The molecule has 1 atom stereocenters. The lowest BCUT2D eigenvalue weighted by atomic mass is 10.1. The van der Waals surface area contributed by atoms with Crippen LogP contribution < -0.4 is 5.73 Å². The number of hydrogen-bond acceptors (Lipinski definition) is 2. The van der Waals surface area contributed by atoms with E-state index in [2.05, 4.69) is 25.1 Å². The number of hydrogen-bond donors (Lipinski definition) is 1. The maximum absolute atomic E-state index is 5.89. The standard InChI is InChI=1S/C16H18ClNS/c1-11-9-13(10-12(2)18)3-8-16(11)19-15-6-4-14(17)5-7-15/h3-9,12H,10,18H2,1-2H3. The van der Waals surface area contributed by atoms with Crippen molar-refractivity contribution in [2.24, 2.45) is 5.73 Å². The molecule has 0 aromatic heterocycles. The zero-order chi connectivity index (χ0) is 13.8. The highest BCUT2D eigenvalue weighted by Gasteiger charge is 2.04. The average molecular weight is 292 g/mol. The van der Waals surface area contributed by atoms with Crippen LogP contribution in [0.2, 0.25) is 5.02 Å². The van der Waals surface area contributed by atoms with Gasteiger partial charge in [0.25, 0.3) is 0 Å². The first-order valence-corrected chi connectivity index (χ1v) is 7.52. The van der Waals surface area contributed by atoms with Gasteiger partial charge in [0.15, 0.2) is 0 Å². The van der Waals surface area contributed by atoms with Crippen LogP contribution in [0.1, 0.15) is 18.1 Å². The van der Waals surface area contributed by atoms with Crippen molar-refractivity contribution in [2.45, 2.75) is 36.1 Å². The zero-order valence-electron chi connectivity index (χ0n) is 11.2. The first-order chi connectivity index (χ1) is 9.04. The van der Waals surface area contributed by atoms with Crippen molar-refractivity contribution in [3.63, 3.8) is 0 Å². The summed E-state index contributed by atoms with van der Waals surface area (Å²) in [5, 5.41) is 0.772. The molecule has 0 saturated heterocycles. The molecule has 0 aliphatic heterocycles. The van der Waals surface area contributed by atoms with Crippen LogP contribution in [0.25, 0.3) is 0 Å². The summed E-state index contributed by atoms with van der Waals surface area (Å²) < 4.78 is 0. The van der Waals surface area contributed by atoms with Crippen LogP contribution in [0.4, 0.5) is 0 Å². The molecular formula is C16H18ClNS. The summed E-state index contributed by atoms with van der Waals surface area (Å²) in [5.41, 5.74) is 8.42. The predicted octanol–water partition coefficient (Wildman–Crippen LogP) is 4.69. The Kier molecular flexibility index (Phi) is 4.92. The lowest BCUT2D eigenvalue weighted by Crippen LogP contribution is -2.17. The van der Waals surface area contributed by atoms with Crippen LogP contribution in [0.5, 0.6) is 0 Å². The highest BCUT2D eigenvalue weighted by atomic mass is 35.5. The third-order valence-corrected chi connectivity index (χ3v) is 4.28. The van der Waals surface area contributed by atoms with Crippen LogP contribution >= 0.6 is 23.4 Å². The van der Waals surface area contributed by atoms with Gasteiger partial charge in [-0.25, -0.2) is 0 Å². The first kappa shape index (κ1) is 14.4. The molecule has 2 aromatic rings. The van der Waals surface area contributed by atoms with Gasteiger partial charge in [0, 0.05) is 20.9 Å². The molecule has 3 heteroatoms. The largest absolute Gasteiger partial charge is 0.328 e. The molecule has 2 aromatic carbocycles. The average Bonchev–Trinajstić information content (AvgIpc) is 2.34. The van der Waals surface area contributed by atoms with E-state index in [1.165, 1.54) is 20.9 Å². The van der Waals surface area contributed by atoms with E-state index < -0.39 is 0 Å². The molecule has 2 rings (SSSR count). The number of halogens is 1. The molecule has 0 radical (unpaired) electrons. The van der Waals surface area contributed by atoms with Crippen molar-refractivity contribution in [1.82, 2.24) is 0 Å². The van der Waals surface area contributed by atoms with Crippen molar-refractivity contribution in [2.75, 3.05) is 0 Å². The summed E-state index contributed by atoms with van der Waals surface area (Å²) in [7, 11) is 0. The van der Waals surface area contributed by atoms with Gasteiger partial charge in [0.2, 0.25) is 0 Å². The fourth-order valence-corrected chi connectivity index (χ4v) is 2.96. The van der Waals surface area contributed by atoms with Crippen LogP contribution in [0.3, 0.4) is 0 Å². The van der Waals surface area contributed by atoms with Gasteiger partial charge in [-0.1, -0.05) is 35.5 Å². The fourth-order valence-electron chi connectivity index (χ4n) is 1.95. The highest BCUT2D eigenvalue weighted by Crippen LogP contribution is 2.31. The number of rotatable bonds is 4. The third kappa shape index (κ3) is 4.27. The van der Waals surface area contributed by atoms with E-state index in [0.29, 0.717) is 0 Å². The Hall–Kier alpha value is -0.960. The summed E-state index contributed by atoms with van der Waals surface area (Å²) in [4.78, 5) is 2.48. The molecule has 1 nitrogen and oxygen atoms in total. The zero-order valence-corrected chi connectivity index (χ0v) is 12.8. The smallest absolute Gasteiger partial charge is 0.0406 e. The molecular weight excluding hydrogens is 274 g/mol. The summed E-state index contributed by atoms with van der Waals surface area (Å²) in [6.07, 6.45) is 0.923.